The van der Waals surface area contributed by atoms with E-state index in [4.69, 9.17) is 0 Å². The van der Waals surface area contributed by atoms with Gasteiger partial charge < -0.3 is 5.32 Å². The van der Waals surface area contributed by atoms with Crippen LogP contribution in [0.3, 0.4) is 0 Å². The first-order valence-electron chi connectivity index (χ1n) is 5.45. The number of rotatable bonds is 4. The Balaban J connectivity index is 2.19. The third kappa shape index (κ3) is 2.56. The summed E-state index contributed by atoms with van der Waals surface area (Å²) in [6.07, 6.45) is 3.74. The van der Waals surface area contributed by atoms with Crippen LogP contribution in [0.2, 0.25) is 0 Å². The highest BCUT2D eigenvalue weighted by Gasteiger charge is 2.00. The molecule has 1 N–H and O–H groups in total. The molecule has 0 aliphatic heterocycles. The SMILES string of the molecule is CNCN(C)Cc1ccc2cnccc2c1. The van der Waals surface area contributed by atoms with Crippen molar-refractivity contribution in [2.45, 2.75) is 6.54 Å². The van der Waals surface area contributed by atoms with Gasteiger partial charge in [-0.1, -0.05) is 12.1 Å². The van der Waals surface area contributed by atoms with Crippen LogP contribution in [-0.4, -0.2) is 30.6 Å². The number of benzene rings is 1. The van der Waals surface area contributed by atoms with Crippen molar-refractivity contribution in [3.05, 3.63) is 42.2 Å². The Kier molecular flexibility index (Phi) is 3.49. The van der Waals surface area contributed by atoms with Crippen molar-refractivity contribution in [1.29, 1.82) is 0 Å². The minimum Gasteiger partial charge on any atom is -0.307 e. The Morgan fingerprint density at radius 3 is 2.94 bits per heavy atom. The number of fused-ring (bicyclic) bond motifs is 1. The number of nitrogens with zero attached hydrogens (tertiary/aromatic N) is 2. The summed E-state index contributed by atoms with van der Waals surface area (Å²) in [5, 5.41) is 5.59. The van der Waals surface area contributed by atoms with Crippen molar-refractivity contribution in [2.24, 2.45) is 0 Å². The Morgan fingerprint density at radius 1 is 1.25 bits per heavy atom. The maximum atomic E-state index is 4.11. The zero-order chi connectivity index (χ0) is 11.4. The van der Waals surface area contributed by atoms with Gasteiger partial charge in [-0.15, -0.1) is 0 Å². The van der Waals surface area contributed by atoms with Gasteiger partial charge >= 0.3 is 0 Å². The van der Waals surface area contributed by atoms with Crippen molar-refractivity contribution in [1.82, 2.24) is 15.2 Å². The second-order valence-corrected chi connectivity index (χ2v) is 4.08. The summed E-state index contributed by atoms with van der Waals surface area (Å²) in [5.41, 5.74) is 1.33. The second-order valence-electron chi connectivity index (χ2n) is 4.08. The van der Waals surface area contributed by atoms with Crippen LogP contribution in [0.4, 0.5) is 0 Å². The van der Waals surface area contributed by atoms with E-state index in [1.165, 1.54) is 16.3 Å². The quantitative estimate of drug-likeness (QED) is 0.789. The molecule has 3 heteroatoms. The summed E-state index contributed by atoms with van der Waals surface area (Å²) in [4.78, 5) is 6.35. The predicted octanol–water partition coefficient (Wildman–Crippen LogP) is 1.84. The largest absolute Gasteiger partial charge is 0.307 e. The highest BCUT2D eigenvalue weighted by molar-refractivity contribution is 5.81. The van der Waals surface area contributed by atoms with E-state index in [1.54, 1.807) is 0 Å². The van der Waals surface area contributed by atoms with Crippen LogP contribution in [-0.2, 0) is 6.54 Å². The first kappa shape index (κ1) is 11.0. The van der Waals surface area contributed by atoms with Gasteiger partial charge in [0.05, 0.1) is 0 Å². The van der Waals surface area contributed by atoms with Crippen LogP contribution >= 0.6 is 0 Å². The molecule has 0 radical (unpaired) electrons. The maximum absolute atomic E-state index is 4.11. The predicted molar refractivity (Wildman–Crippen MR) is 67.1 cm³/mol. The van der Waals surface area contributed by atoms with Gasteiger partial charge in [-0.3, -0.25) is 9.88 Å². The summed E-state index contributed by atoms with van der Waals surface area (Å²) < 4.78 is 0. The summed E-state index contributed by atoms with van der Waals surface area (Å²) in [7, 11) is 4.07. The lowest BCUT2D eigenvalue weighted by molar-refractivity contribution is 0.310. The average molecular weight is 215 g/mol. The minimum absolute atomic E-state index is 0.897. The van der Waals surface area contributed by atoms with Crippen LogP contribution in [0.5, 0.6) is 0 Å². The van der Waals surface area contributed by atoms with Crippen LogP contribution < -0.4 is 5.32 Å². The molecule has 0 spiro atoms. The second kappa shape index (κ2) is 5.05. The molecule has 0 fully saturated rings. The van der Waals surface area contributed by atoms with Crippen LogP contribution in [0, 0.1) is 0 Å². The standard InChI is InChI=1S/C13H17N3/c1-14-10-16(2)9-11-3-4-13-8-15-6-5-12(13)7-11/h3-8,14H,9-10H2,1-2H3. The molecule has 0 saturated carbocycles. The monoisotopic (exact) mass is 215 g/mol. The van der Waals surface area contributed by atoms with Crippen molar-refractivity contribution >= 4 is 10.8 Å². The van der Waals surface area contributed by atoms with Gasteiger partial charge in [0.2, 0.25) is 0 Å². The number of hydrogen-bond donors (Lipinski definition) is 1. The molecule has 0 aliphatic rings. The molecule has 0 unspecified atom stereocenters. The molecule has 2 rings (SSSR count). The number of aromatic nitrogens is 1. The molecule has 0 atom stereocenters. The summed E-state index contributed by atoms with van der Waals surface area (Å²) in [6, 6.07) is 8.57. The van der Waals surface area contributed by atoms with Gasteiger partial charge in [0.25, 0.3) is 0 Å². The Labute approximate surface area is 96.1 Å². The highest BCUT2D eigenvalue weighted by Crippen LogP contribution is 2.15. The molecule has 1 heterocycles. The Hall–Kier alpha value is -1.45. The van der Waals surface area contributed by atoms with Gasteiger partial charge in [-0.25, -0.2) is 0 Å². The third-order valence-corrected chi connectivity index (χ3v) is 2.59. The van der Waals surface area contributed by atoms with E-state index in [1.807, 2.05) is 19.4 Å². The van der Waals surface area contributed by atoms with Crippen LogP contribution in [0.1, 0.15) is 5.56 Å². The summed E-state index contributed by atoms with van der Waals surface area (Å²) >= 11 is 0. The zero-order valence-electron chi connectivity index (χ0n) is 9.77. The minimum atomic E-state index is 0.897. The smallest absolute Gasteiger partial charge is 0.0478 e. The lowest BCUT2D eigenvalue weighted by Gasteiger charge is -2.16. The highest BCUT2D eigenvalue weighted by atomic mass is 15.2. The first-order chi connectivity index (χ1) is 7.79. The van der Waals surface area contributed by atoms with Crippen LogP contribution in [0.25, 0.3) is 10.8 Å². The van der Waals surface area contributed by atoms with E-state index in [-0.39, 0.29) is 0 Å². The Bertz CT molecular complexity index is 467. The third-order valence-electron chi connectivity index (χ3n) is 2.59. The van der Waals surface area contributed by atoms with E-state index in [2.05, 4.69) is 46.5 Å². The average Bonchev–Trinajstić information content (AvgIpc) is 2.29. The topological polar surface area (TPSA) is 28.2 Å². The van der Waals surface area contributed by atoms with Gasteiger partial charge in [-0.2, -0.15) is 0 Å². The van der Waals surface area contributed by atoms with Gasteiger partial charge in [0, 0.05) is 31.0 Å². The fraction of sp³-hybridized carbons (Fsp3) is 0.308. The molecule has 0 amide bonds. The fourth-order valence-corrected chi connectivity index (χ4v) is 1.87. The van der Waals surface area contributed by atoms with Gasteiger partial charge in [0.1, 0.15) is 0 Å². The lowest BCUT2D eigenvalue weighted by Crippen LogP contribution is -2.27. The Morgan fingerprint density at radius 2 is 2.12 bits per heavy atom. The molecule has 16 heavy (non-hydrogen) atoms. The fourth-order valence-electron chi connectivity index (χ4n) is 1.87. The molecule has 2 aromatic rings. The zero-order valence-corrected chi connectivity index (χ0v) is 9.77. The van der Waals surface area contributed by atoms with Crippen LogP contribution in [0.15, 0.2) is 36.7 Å². The first-order valence-corrected chi connectivity index (χ1v) is 5.45. The molecule has 3 nitrogen and oxygen atoms in total. The van der Waals surface area contributed by atoms with E-state index < -0.39 is 0 Å². The molecule has 0 aliphatic carbocycles. The number of hydrogen-bond acceptors (Lipinski definition) is 3. The number of pyridine rings is 1. The normalized spacial score (nSPS) is 11.2. The van der Waals surface area contributed by atoms with Crippen molar-refractivity contribution < 1.29 is 0 Å². The molecule has 0 bridgehead atoms. The van der Waals surface area contributed by atoms with Gasteiger partial charge in [-0.05, 0) is 37.2 Å². The molecule has 0 saturated heterocycles. The van der Waals surface area contributed by atoms with E-state index in [0.29, 0.717) is 0 Å². The van der Waals surface area contributed by atoms with Crippen molar-refractivity contribution in [3.8, 4) is 0 Å². The van der Waals surface area contributed by atoms with E-state index >= 15 is 0 Å². The summed E-state index contributed by atoms with van der Waals surface area (Å²) in [6.45, 7) is 1.85. The lowest BCUT2D eigenvalue weighted by atomic mass is 10.1. The van der Waals surface area contributed by atoms with E-state index in [0.717, 1.165) is 13.2 Å². The molecular formula is C13H17N3. The van der Waals surface area contributed by atoms with Crippen molar-refractivity contribution in [2.75, 3.05) is 20.8 Å². The molecule has 1 aromatic heterocycles. The number of nitrogens with one attached hydrogen (secondary N) is 1. The molecule has 84 valence electrons. The molecular weight excluding hydrogens is 198 g/mol. The summed E-state index contributed by atoms with van der Waals surface area (Å²) in [5.74, 6) is 0. The van der Waals surface area contributed by atoms with Crippen molar-refractivity contribution in [3.63, 3.8) is 0 Å². The molecule has 1 aromatic carbocycles. The van der Waals surface area contributed by atoms with E-state index in [9.17, 15) is 0 Å². The van der Waals surface area contributed by atoms with Gasteiger partial charge in [0.15, 0.2) is 0 Å². The maximum Gasteiger partial charge on any atom is 0.0478 e.